The Bertz CT molecular complexity index is 390. The Labute approximate surface area is 64.6 Å². The molecule has 0 aliphatic carbocycles. The molecule has 11 heavy (non-hydrogen) atoms. The molecule has 1 aromatic heterocycles. The van der Waals surface area contributed by atoms with E-state index in [1.807, 2.05) is 18.3 Å². The fourth-order valence-corrected chi connectivity index (χ4v) is 1.07. The summed E-state index contributed by atoms with van der Waals surface area (Å²) in [4.78, 5) is 8.20. The lowest BCUT2D eigenvalue weighted by molar-refractivity contribution is 1.20. The molecule has 1 aliphatic heterocycles. The molecule has 2 heteroatoms. The lowest BCUT2D eigenvalue weighted by atomic mass is 10.3. The molecule has 0 unspecified atom stereocenters. The predicted molar refractivity (Wildman–Crippen MR) is 43.2 cm³/mol. The Kier molecular flexibility index (Phi) is 1.52. The van der Waals surface area contributed by atoms with Crippen molar-refractivity contribution in [2.24, 2.45) is 4.99 Å². The van der Waals surface area contributed by atoms with Crippen LogP contribution in [0.4, 0.5) is 0 Å². The average molecular weight is 144 g/mol. The summed E-state index contributed by atoms with van der Waals surface area (Å²) in [5, 5.41) is 2.13. The van der Waals surface area contributed by atoms with Crippen LogP contribution in [-0.4, -0.2) is 4.98 Å². The average Bonchev–Trinajstić information content (AvgIpc) is 2.28. The second-order valence-corrected chi connectivity index (χ2v) is 2.39. The first-order chi connectivity index (χ1) is 5.47. The van der Waals surface area contributed by atoms with Gasteiger partial charge in [0.15, 0.2) is 0 Å². The van der Waals surface area contributed by atoms with Gasteiger partial charge in [0, 0.05) is 12.4 Å². The molecule has 0 saturated carbocycles. The molecule has 0 amide bonds. The fourth-order valence-electron chi connectivity index (χ4n) is 1.07. The van der Waals surface area contributed by atoms with Crippen LogP contribution in [0.2, 0.25) is 0 Å². The zero-order valence-electron chi connectivity index (χ0n) is 6.07. The topological polar surface area (TPSA) is 25.2 Å². The Hall–Kier alpha value is -1.44. The van der Waals surface area contributed by atoms with Gasteiger partial charge in [-0.15, -0.1) is 0 Å². The largest absolute Gasteiger partial charge is 0.262 e. The van der Waals surface area contributed by atoms with Crippen LogP contribution < -0.4 is 10.6 Å². The van der Waals surface area contributed by atoms with Crippen molar-refractivity contribution in [3.63, 3.8) is 0 Å². The third kappa shape index (κ3) is 1.19. The van der Waals surface area contributed by atoms with E-state index in [1.165, 1.54) is 5.22 Å². The molecule has 0 N–H and O–H groups in total. The van der Waals surface area contributed by atoms with Gasteiger partial charge in [-0.25, -0.2) is 0 Å². The van der Waals surface area contributed by atoms with Crippen LogP contribution in [0, 0.1) is 0 Å². The fraction of sp³-hybridized carbons (Fsp3) is 0.111. The quantitative estimate of drug-likeness (QED) is 0.517. The van der Waals surface area contributed by atoms with E-state index >= 15 is 0 Å². The summed E-state index contributed by atoms with van der Waals surface area (Å²) in [5.74, 6) is 0. The molecule has 54 valence electrons. The summed E-state index contributed by atoms with van der Waals surface area (Å²) in [6.45, 7) is 0. The van der Waals surface area contributed by atoms with E-state index in [2.05, 4.69) is 16.1 Å². The first kappa shape index (κ1) is 6.28. The Balaban J connectivity index is 2.81. The van der Waals surface area contributed by atoms with Crippen LogP contribution in [0.25, 0.3) is 6.08 Å². The van der Waals surface area contributed by atoms with Gasteiger partial charge in [-0.2, -0.15) is 0 Å². The van der Waals surface area contributed by atoms with Gasteiger partial charge in [0.2, 0.25) is 0 Å². The van der Waals surface area contributed by atoms with Crippen molar-refractivity contribution in [1.29, 1.82) is 0 Å². The van der Waals surface area contributed by atoms with Crippen LogP contribution in [0.5, 0.6) is 0 Å². The minimum atomic E-state index is 0.959. The number of allylic oxidation sites excluding steroid dienone is 1. The maximum absolute atomic E-state index is 4.21. The lowest BCUT2D eigenvalue weighted by Crippen LogP contribution is -2.23. The minimum Gasteiger partial charge on any atom is -0.262 e. The van der Waals surface area contributed by atoms with E-state index < -0.39 is 0 Å². The number of pyridine rings is 1. The van der Waals surface area contributed by atoms with Crippen LogP contribution in [0.15, 0.2) is 35.7 Å². The highest BCUT2D eigenvalue weighted by Gasteiger charge is 1.86. The van der Waals surface area contributed by atoms with Crippen LogP contribution >= 0.6 is 0 Å². The second-order valence-electron chi connectivity index (χ2n) is 2.39. The second kappa shape index (κ2) is 2.66. The zero-order chi connectivity index (χ0) is 7.52. The minimum absolute atomic E-state index is 0.959. The monoisotopic (exact) mass is 144 g/mol. The Morgan fingerprint density at radius 2 is 2.36 bits per heavy atom. The van der Waals surface area contributed by atoms with Crippen LogP contribution in [0.3, 0.4) is 0 Å². The van der Waals surface area contributed by atoms with E-state index in [9.17, 15) is 0 Å². The molecule has 0 bridgehead atoms. The highest BCUT2D eigenvalue weighted by molar-refractivity contribution is 5.26. The number of fused-ring (bicyclic) bond motifs is 1. The van der Waals surface area contributed by atoms with Crippen molar-refractivity contribution in [3.8, 4) is 0 Å². The summed E-state index contributed by atoms with van der Waals surface area (Å²) >= 11 is 0. The Morgan fingerprint density at radius 1 is 1.36 bits per heavy atom. The number of hydrogen-bond donors (Lipinski definition) is 0. The first-order valence-corrected chi connectivity index (χ1v) is 3.60. The standard InChI is InChI=1S/C9H8N2/c1-2-5-11-9-7-10-6-4-8(9)3-1/h2-7H,1H2. The van der Waals surface area contributed by atoms with Gasteiger partial charge in [0.05, 0.1) is 11.6 Å². The van der Waals surface area contributed by atoms with Crippen molar-refractivity contribution in [2.45, 2.75) is 6.42 Å². The molecule has 2 heterocycles. The van der Waals surface area contributed by atoms with E-state index in [-0.39, 0.29) is 0 Å². The molecule has 0 spiro atoms. The van der Waals surface area contributed by atoms with Gasteiger partial charge >= 0.3 is 0 Å². The van der Waals surface area contributed by atoms with Crippen molar-refractivity contribution in [3.05, 3.63) is 41.3 Å². The smallest absolute Gasteiger partial charge is 0.0881 e. The molecular formula is C9H8N2. The van der Waals surface area contributed by atoms with Gasteiger partial charge in [-0.05, 0) is 17.7 Å². The van der Waals surface area contributed by atoms with Crippen LogP contribution in [-0.2, 0) is 0 Å². The highest BCUT2D eigenvalue weighted by atomic mass is 14.7. The number of aromatic nitrogens is 1. The molecule has 0 saturated heterocycles. The SMILES string of the molecule is C1=CN=c2cnccc2=CC1. The molecule has 0 radical (unpaired) electrons. The molecule has 1 aliphatic rings. The van der Waals surface area contributed by atoms with E-state index in [1.54, 1.807) is 12.4 Å². The molecular weight excluding hydrogens is 136 g/mol. The van der Waals surface area contributed by atoms with Gasteiger partial charge in [0.25, 0.3) is 0 Å². The summed E-state index contributed by atoms with van der Waals surface area (Å²) in [6, 6.07) is 1.98. The van der Waals surface area contributed by atoms with Crippen molar-refractivity contribution in [2.75, 3.05) is 0 Å². The normalized spacial score (nSPS) is 14.2. The summed E-state index contributed by atoms with van der Waals surface area (Å²) in [6.07, 6.45) is 10.5. The summed E-state index contributed by atoms with van der Waals surface area (Å²) < 4.78 is 0. The van der Waals surface area contributed by atoms with Gasteiger partial charge in [-0.3, -0.25) is 9.98 Å². The summed E-state index contributed by atoms with van der Waals surface area (Å²) in [5.41, 5.74) is 0. The maximum Gasteiger partial charge on any atom is 0.0881 e. The van der Waals surface area contributed by atoms with Crippen molar-refractivity contribution < 1.29 is 0 Å². The van der Waals surface area contributed by atoms with Crippen molar-refractivity contribution in [1.82, 2.24) is 4.98 Å². The molecule has 2 nitrogen and oxygen atoms in total. The molecule has 0 atom stereocenters. The molecule has 0 aromatic carbocycles. The Morgan fingerprint density at radius 3 is 3.36 bits per heavy atom. The van der Waals surface area contributed by atoms with E-state index in [4.69, 9.17) is 0 Å². The molecule has 1 aromatic rings. The van der Waals surface area contributed by atoms with Gasteiger partial charge in [0.1, 0.15) is 0 Å². The number of rotatable bonds is 0. The van der Waals surface area contributed by atoms with E-state index in [0.29, 0.717) is 0 Å². The third-order valence-corrected chi connectivity index (χ3v) is 1.63. The molecule has 0 fully saturated rings. The summed E-state index contributed by atoms with van der Waals surface area (Å²) in [7, 11) is 0. The van der Waals surface area contributed by atoms with Crippen LogP contribution in [0.1, 0.15) is 6.42 Å². The molecule has 2 rings (SSSR count). The highest BCUT2D eigenvalue weighted by Crippen LogP contribution is 1.86. The number of hydrogen-bond acceptors (Lipinski definition) is 2. The lowest BCUT2D eigenvalue weighted by Gasteiger charge is -1.83. The van der Waals surface area contributed by atoms with Gasteiger partial charge in [-0.1, -0.05) is 12.2 Å². The third-order valence-electron chi connectivity index (χ3n) is 1.63. The first-order valence-electron chi connectivity index (χ1n) is 3.60. The zero-order valence-corrected chi connectivity index (χ0v) is 6.07. The van der Waals surface area contributed by atoms with Crippen molar-refractivity contribution >= 4 is 6.08 Å². The predicted octanol–water partition coefficient (Wildman–Crippen LogP) is 0.399. The number of nitrogens with zero attached hydrogens (tertiary/aromatic N) is 2. The van der Waals surface area contributed by atoms with E-state index in [0.717, 1.165) is 11.8 Å². The maximum atomic E-state index is 4.21. The van der Waals surface area contributed by atoms with Gasteiger partial charge < -0.3 is 0 Å².